The number of amides is 2. The van der Waals surface area contributed by atoms with E-state index >= 15 is 0 Å². The number of methoxy groups -OCH3 is 1. The van der Waals surface area contributed by atoms with Crippen molar-refractivity contribution in [2.75, 3.05) is 36.5 Å². The van der Waals surface area contributed by atoms with Gasteiger partial charge in [-0.25, -0.2) is 4.79 Å². The summed E-state index contributed by atoms with van der Waals surface area (Å²) in [5, 5.41) is 14.3. The molecule has 1 atom stereocenters. The topological polar surface area (TPSA) is 114 Å². The lowest BCUT2D eigenvalue weighted by atomic mass is 10.0. The zero-order valence-corrected chi connectivity index (χ0v) is 19.8. The standard InChI is InChI=1S/C25H24F3N5O4/c1-37-17-4-2-3-14(11-17)21-18-8-10-32(24(29)36)22(18)23(35)33(30-21)20-12-15(31-9-7-16(34)13-31)5-6-19(20)25(26,27)28/h2-6,11-12,16,34H,7-10,13H2,1H3,(H2,29,36). The first kappa shape index (κ1) is 24.6. The molecule has 5 rings (SSSR count). The number of aromatic nitrogens is 2. The molecule has 0 spiro atoms. The molecule has 9 nitrogen and oxygen atoms in total. The molecule has 1 saturated heterocycles. The number of aliphatic hydroxyl groups is 1. The Morgan fingerprint density at radius 2 is 1.97 bits per heavy atom. The van der Waals surface area contributed by atoms with Crippen LogP contribution in [-0.2, 0) is 12.6 Å². The third-order valence-corrected chi connectivity index (χ3v) is 6.67. The van der Waals surface area contributed by atoms with Crippen LogP contribution in [0.5, 0.6) is 5.75 Å². The molecule has 3 heterocycles. The van der Waals surface area contributed by atoms with E-state index in [4.69, 9.17) is 10.5 Å². The van der Waals surface area contributed by atoms with Crippen LogP contribution in [0, 0.1) is 0 Å². The largest absolute Gasteiger partial charge is 0.497 e. The molecule has 2 aromatic carbocycles. The zero-order valence-electron chi connectivity index (χ0n) is 19.8. The smallest absolute Gasteiger partial charge is 0.418 e. The van der Waals surface area contributed by atoms with Crippen molar-refractivity contribution in [3.63, 3.8) is 0 Å². The highest BCUT2D eigenvalue weighted by atomic mass is 19.4. The van der Waals surface area contributed by atoms with Crippen LogP contribution in [0.3, 0.4) is 0 Å². The maximum absolute atomic E-state index is 14.1. The van der Waals surface area contributed by atoms with Crippen LogP contribution in [0.1, 0.15) is 17.5 Å². The number of carbonyl (C=O) groups is 1. The van der Waals surface area contributed by atoms with Gasteiger partial charge in [-0.3, -0.25) is 9.69 Å². The van der Waals surface area contributed by atoms with Crippen molar-refractivity contribution in [1.29, 1.82) is 0 Å². The number of alkyl halides is 3. The van der Waals surface area contributed by atoms with E-state index in [0.717, 1.165) is 11.0 Å². The molecule has 194 valence electrons. The van der Waals surface area contributed by atoms with Crippen LogP contribution in [0.15, 0.2) is 47.3 Å². The molecule has 0 radical (unpaired) electrons. The summed E-state index contributed by atoms with van der Waals surface area (Å²) in [5.74, 6) is 0.487. The normalized spacial score (nSPS) is 17.3. The van der Waals surface area contributed by atoms with Crippen LogP contribution in [-0.4, -0.2) is 53.8 Å². The summed E-state index contributed by atoms with van der Waals surface area (Å²) in [6, 6.07) is 9.29. The highest BCUT2D eigenvalue weighted by Gasteiger charge is 2.37. The van der Waals surface area contributed by atoms with Crippen molar-refractivity contribution < 1.29 is 27.8 Å². The van der Waals surface area contributed by atoms with E-state index in [-0.39, 0.29) is 30.9 Å². The second kappa shape index (κ2) is 9.11. The maximum atomic E-state index is 14.1. The van der Waals surface area contributed by atoms with Crippen molar-refractivity contribution in [3.8, 4) is 22.7 Å². The fourth-order valence-electron chi connectivity index (χ4n) is 4.89. The van der Waals surface area contributed by atoms with Gasteiger partial charge >= 0.3 is 12.2 Å². The Labute approximate surface area is 209 Å². The molecule has 2 aliphatic rings. The number of anilines is 2. The first-order chi connectivity index (χ1) is 17.6. The van der Waals surface area contributed by atoms with Gasteiger partial charge in [0.05, 0.1) is 30.2 Å². The average molecular weight is 515 g/mol. The molecule has 37 heavy (non-hydrogen) atoms. The number of hydrogen-bond acceptors (Lipinski definition) is 6. The third kappa shape index (κ3) is 4.37. The van der Waals surface area contributed by atoms with Crippen LogP contribution in [0.2, 0.25) is 0 Å². The van der Waals surface area contributed by atoms with Crippen molar-refractivity contribution >= 4 is 17.4 Å². The van der Waals surface area contributed by atoms with Gasteiger partial charge in [-0.1, -0.05) is 12.1 Å². The minimum atomic E-state index is -4.79. The Kier molecular flexibility index (Phi) is 6.06. The number of hydrogen-bond donors (Lipinski definition) is 2. The summed E-state index contributed by atoms with van der Waals surface area (Å²) >= 11 is 0. The lowest BCUT2D eigenvalue weighted by Crippen LogP contribution is -2.39. The number of rotatable bonds is 4. The molecule has 2 amide bonds. The van der Waals surface area contributed by atoms with E-state index in [1.807, 2.05) is 0 Å². The number of halogens is 3. The highest BCUT2D eigenvalue weighted by molar-refractivity contribution is 5.94. The van der Waals surface area contributed by atoms with E-state index in [1.54, 1.807) is 29.2 Å². The predicted molar refractivity (Wildman–Crippen MR) is 130 cm³/mol. The van der Waals surface area contributed by atoms with Gasteiger partial charge in [0.25, 0.3) is 5.56 Å². The zero-order chi connectivity index (χ0) is 26.5. The van der Waals surface area contributed by atoms with Crippen LogP contribution in [0.25, 0.3) is 16.9 Å². The summed E-state index contributed by atoms with van der Waals surface area (Å²) < 4.78 is 48.4. The van der Waals surface area contributed by atoms with E-state index in [9.17, 15) is 27.9 Å². The number of urea groups is 1. The van der Waals surface area contributed by atoms with Crippen molar-refractivity contribution in [2.24, 2.45) is 5.73 Å². The minimum Gasteiger partial charge on any atom is -0.497 e. The summed E-state index contributed by atoms with van der Waals surface area (Å²) in [5.41, 5.74) is 4.54. The Morgan fingerprint density at radius 3 is 2.62 bits per heavy atom. The van der Waals surface area contributed by atoms with Gasteiger partial charge in [0.15, 0.2) is 0 Å². The van der Waals surface area contributed by atoms with Gasteiger partial charge in [0.1, 0.15) is 11.4 Å². The first-order valence-electron chi connectivity index (χ1n) is 11.6. The number of fused-ring (bicyclic) bond motifs is 1. The number of nitrogens with zero attached hydrogens (tertiary/aromatic N) is 4. The van der Waals surface area contributed by atoms with Gasteiger partial charge in [-0.15, -0.1) is 0 Å². The number of primary amides is 1. The lowest BCUT2D eigenvalue weighted by molar-refractivity contribution is -0.137. The van der Waals surface area contributed by atoms with Crippen LogP contribution >= 0.6 is 0 Å². The Bertz CT molecular complexity index is 1440. The van der Waals surface area contributed by atoms with Gasteiger partial charge in [-0.05, 0) is 43.2 Å². The molecule has 3 aromatic rings. The molecule has 0 saturated carbocycles. The second-order valence-electron chi connectivity index (χ2n) is 8.95. The van der Waals surface area contributed by atoms with E-state index in [1.165, 1.54) is 19.2 Å². The first-order valence-corrected chi connectivity index (χ1v) is 11.6. The summed E-state index contributed by atoms with van der Waals surface area (Å²) in [4.78, 5) is 28.6. The summed E-state index contributed by atoms with van der Waals surface area (Å²) in [6.07, 6.45) is -4.67. The molecule has 0 aliphatic carbocycles. The number of carbonyl (C=O) groups excluding carboxylic acids is 1. The molecular weight excluding hydrogens is 491 g/mol. The SMILES string of the molecule is COc1cccc(-c2nn(-c3cc(N4CCC(O)C4)ccc3C(F)(F)F)c(=O)c3c2CCN3C(N)=O)c1. The molecule has 1 unspecified atom stereocenters. The predicted octanol–water partition coefficient (Wildman–Crippen LogP) is 2.94. The third-order valence-electron chi connectivity index (χ3n) is 6.67. The van der Waals surface area contributed by atoms with Crippen molar-refractivity contribution in [1.82, 2.24) is 9.78 Å². The highest BCUT2D eigenvalue weighted by Crippen LogP contribution is 2.38. The van der Waals surface area contributed by atoms with Crippen molar-refractivity contribution in [2.45, 2.75) is 25.1 Å². The molecule has 2 aliphatic heterocycles. The monoisotopic (exact) mass is 515 g/mol. The van der Waals surface area contributed by atoms with E-state index in [0.29, 0.717) is 40.2 Å². The number of aliphatic hydroxyl groups excluding tert-OH is 1. The van der Waals surface area contributed by atoms with Gasteiger partial charge in [0.2, 0.25) is 0 Å². The van der Waals surface area contributed by atoms with Crippen LogP contribution < -0.4 is 25.8 Å². The quantitative estimate of drug-likeness (QED) is 0.553. The fraction of sp³-hybridized carbons (Fsp3) is 0.320. The van der Waals surface area contributed by atoms with Crippen molar-refractivity contribution in [3.05, 3.63) is 63.9 Å². The number of benzene rings is 2. The second-order valence-corrected chi connectivity index (χ2v) is 8.95. The van der Waals surface area contributed by atoms with E-state index in [2.05, 4.69) is 5.10 Å². The van der Waals surface area contributed by atoms with Gasteiger partial charge in [-0.2, -0.15) is 23.0 Å². The van der Waals surface area contributed by atoms with Gasteiger partial charge < -0.3 is 20.5 Å². The Hall–Kier alpha value is -4.06. The Morgan fingerprint density at radius 1 is 1.19 bits per heavy atom. The number of ether oxygens (including phenoxy) is 1. The fourth-order valence-corrected chi connectivity index (χ4v) is 4.89. The molecular formula is C25H24F3N5O4. The Balaban J connectivity index is 1.79. The maximum Gasteiger partial charge on any atom is 0.418 e. The number of nitrogens with two attached hydrogens (primary N) is 1. The molecule has 1 fully saturated rings. The van der Waals surface area contributed by atoms with Gasteiger partial charge in [0, 0.05) is 36.4 Å². The summed E-state index contributed by atoms with van der Waals surface area (Å²) in [7, 11) is 1.48. The summed E-state index contributed by atoms with van der Waals surface area (Å²) in [6.45, 7) is 0.797. The lowest BCUT2D eigenvalue weighted by Gasteiger charge is -2.22. The average Bonchev–Trinajstić information content (AvgIpc) is 3.51. The molecule has 0 bridgehead atoms. The minimum absolute atomic E-state index is 0.0976. The van der Waals surface area contributed by atoms with E-state index < -0.39 is 35.1 Å². The molecule has 3 N–H and O–H groups in total. The molecule has 12 heteroatoms. The molecule has 1 aromatic heterocycles. The number of β-amino-alcohol motifs (C(OH)–C–C–N with tert-alkyl or cyclic N) is 1. The van der Waals surface area contributed by atoms with Crippen LogP contribution in [0.4, 0.5) is 29.3 Å².